The maximum atomic E-state index is 13.3. The summed E-state index contributed by atoms with van der Waals surface area (Å²) in [5, 5.41) is 7.59. The summed E-state index contributed by atoms with van der Waals surface area (Å²) in [5.41, 5.74) is 2.61. The maximum absolute atomic E-state index is 13.3. The summed E-state index contributed by atoms with van der Waals surface area (Å²) >= 11 is 6.43. The third-order valence-corrected chi connectivity index (χ3v) is 5.08. The van der Waals surface area contributed by atoms with Crippen molar-refractivity contribution in [2.75, 3.05) is 0 Å². The lowest BCUT2D eigenvalue weighted by atomic mass is 10.1. The molecular weight excluding hydrogens is 396 g/mol. The minimum Gasteiger partial charge on any atom is -0.349 e. The smallest absolute Gasteiger partial charge is 0.256 e. The van der Waals surface area contributed by atoms with Crippen molar-refractivity contribution in [3.63, 3.8) is 0 Å². The van der Waals surface area contributed by atoms with Crippen LogP contribution in [0.4, 0.5) is 8.78 Å². The quantitative estimate of drug-likeness (QED) is 0.593. The zero-order chi connectivity index (χ0) is 21.0. The molecule has 2 aromatic carbocycles. The van der Waals surface area contributed by atoms with Crippen LogP contribution in [0.2, 0.25) is 5.15 Å². The van der Waals surface area contributed by atoms with Crippen LogP contribution in [0.3, 0.4) is 0 Å². The van der Waals surface area contributed by atoms with E-state index >= 15 is 0 Å². The molecule has 0 saturated carbocycles. The molecule has 0 radical (unpaired) electrons. The van der Waals surface area contributed by atoms with Crippen LogP contribution in [0.5, 0.6) is 0 Å². The van der Waals surface area contributed by atoms with E-state index in [0.29, 0.717) is 36.2 Å². The van der Waals surface area contributed by atoms with Gasteiger partial charge in [-0.3, -0.25) is 4.79 Å². The number of hydrogen-bond acceptors (Lipinski definition) is 2. The van der Waals surface area contributed by atoms with E-state index in [1.54, 1.807) is 17.7 Å². The summed E-state index contributed by atoms with van der Waals surface area (Å²) in [7, 11) is 0. The van der Waals surface area contributed by atoms with Gasteiger partial charge in [0.15, 0.2) is 11.6 Å². The first-order valence-electron chi connectivity index (χ1n) is 9.36. The fraction of sp³-hybridized carbons (Fsp3) is 0.273. The van der Waals surface area contributed by atoms with E-state index in [-0.39, 0.29) is 17.1 Å². The summed E-state index contributed by atoms with van der Waals surface area (Å²) in [5.74, 6) is -2.04. The highest BCUT2D eigenvalue weighted by Gasteiger charge is 2.21. The second kappa shape index (κ2) is 9.18. The van der Waals surface area contributed by atoms with Crippen LogP contribution >= 0.6 is 11.6 Å². The number of benzene rings is 2. The Hall–Kier alpha value is -2.73. The standard InChI is InChI=1S/C22H22ClF2N3O/c1-14(8-9-16-10-11-18(24)19(25)12-16)26-22(29)20-15(2)27-28(21(20)23)13-17-6-4-3-5-7-17/h3-7,10-12,14H,8-9,13H2,1-2H3,(H,26,29). The summed E-state index contributed by atoms with van der Waals surface area (Å²) in [6, 6.07) is 13.4. The molecule has 7 heteroatoms. The number of rotatable bonds is 7. The molecule has 1 unspecified atom stereocenters. The van der Waals surface area contributed by atoms with Crippen LogP contribution in [0.25, 0.3) is 0 Å². The first-order valence-corrected chi connectivity index (χ1v) is 9.74. The van der Waals surface area contributed by atoms with Gasteiger partial charge in [0, 0.05) is 6.04 Å². The first kappa shape index (κ1) is 21.0. The van der Waals surface area contributed by atoms with Crippen molar-refractivity contribution in [3.8, 4) is 0 Å². The minimum atomic E-state index is -0.868. The van der Waals surface area contributed by atoms with Gasteiger partial charge in [-0.1, -0.05) is 48.0 Å². The molecule has 152 valence electrons. The molecular formula is C22H22ClF2N3O. The van der Waals surface area contributed by atoms with Crippen LogP contribution in [0, 0.1) is 18.6 Å². The van der Waals surface area contributed by atoms with Crippen molar-refractivity contribution in [2.45, 2.75) is 39.3 Å². The van der Waals surface area contributed by atoms with Gasteiger partial charge < -0.3 is 5.32 Å². The normalized spacial score (nSPS) is 12.0. The number of amides is 1. The molecule has 4 nitrogen and oxygen atoms in total. The molecule has 0 aliphatic rings. The Bertz CT molecular complexity index is 1000. The van der Waals surface area contributed by atoms with Gasteiger partial charge in [0.1, 0.15) is 5.15 Å². The van der Waals surface area contributed by atoms with Gasteiger partial charge >= 0.3 is 0 Å². The van der Waals surface area contributed by atoms with Gasteiger partial charge in [0.25, 0.3) is 5.91 Å². The van der Waals surface area contributed by atoms with Crippen molar-refractivity contribution in [2.24, 2.45) is 0 Å². The lowest BCUT2D eigenvalue weighted by Crippen LogP contribution is -2.33. The van der Waals surface area contributed by atoms with Crippen molar-refractivity contribution < 1.29 is 13.6 Å². The summed E-state index contributed by atoms with van der Waals surface area (Å²) < 4.78 is 27.9. The molecule has 3 rings (SSSR count). The number of carbonyl (C=O) groups excluding carboxylic acids is 1. The van der Waals surface area contributed by atoms with Crippen molar-refractivity contribution in [1.29, 1.82) is 0 Å². The van der Waals surface area contributed by atoms with Crippen LogP contribution < -0.4 is 5.32 Å². The molecule has 0 spiro atoms. The number of hydrogen-bond donors (Lipinski definition) is 1. The predicted molar refractivity (Wildman–Crippen MR) is 109 cm³/mol. The largest absolute Gasteiger partial charge is 0.349 e. The minimum absolute atomic E-state index is 0.177. The van der Waals surface area contributed by atoms with Gasteiger partial charge in [-0.2, -0.15) is 5.10 Å². The van der Waals surface area contributed by atoms with E-state index in [9.17, 15) is 13.6 Å². The van der Waals surface area contributed by atoms with E-state index in [0.717, 1.165) is 11.6 Å². The van der Waals surface area contributed by atoms with E-state index in [4.69, 9.17) is 11.6 Å². The lowest BCUT2D eigenvalue weighted by Gasteiger charge is -2.14. The number of nitrogens with zero attached hydrogens (tertiary/aromatic N) is 2. The number of halogens is 3. The molecule has 0 bridgehead atoms. The molecule has 0 aliphatic carbocycles. The molecule has 0 fully saturated rings. The summed E-state index contributed by atoms with van der Waals surface area (Å²) in [6.07, 6.45) is 1.09. The van der Waals surface area contributed by atoms with Crippen LogP contribution in [-0.4, -0.2) is 21.7 Å². The number of aromatic nitrogens is 2. The Labute approximate surface area is 173 Å². The van der Waals surface area contributed by atoms with Gasteiger partial charge in [0.2, 0.25) is 0 Å². The number of carbonyl (C=O) groups is 1. The Morgan fingerprint density at radius 3 is 2.55 bits per heavy atom. The van der Waals surface area contributed by atoms with Gasteiger partial charge in [-0.25, -0.2) is 13.5 Å². The SMILES string of the molecule is Cc1nn(Cc2ccccc2)c(Cl)c1C(=O)NC(C)CCc1ccc(F)c(F)c1. The zero-order valence-electron chi connectivity index (χ0n) is 16.3. The van der Waals surface area contributed by atoms with E-state index in [2.05, 4.69) is 10.4 Å². The Balaban J connectivity index is 1.63. The monoisotopic (exact) mass is 417 g/mol. The Kier molecular flexibility index (Phi) is 6.64. The van der Waals surface area contributed by atoms with Crippen LogP contribution in [-0.2, 0) is 13.0 Å². The molecule has 1 N–H and O–H groups in total. The Morgan fingerprint density at radius 1 is 1.14 bits per heavy atom. The predicted octanol–water partition coefficient (Wildman–Crippen LogP) is 4.92. The van der Waals surface area contributed by atoms with Crippen molar-refractivity contribution >= 4 is 17.5 Å². The topological polar surface area (TPSA) is 46.9 Å². The third kappa shape index (κ3) is 5.21. The molecule has 1 amide bonds. The fourth-order valence-electron chi connectivity index (χ4n) is 3.12. The van der Waals surface area contributed by atoms with Crippen LogP contribution in [0.1, 0.15) is 40.5 Å². The molecule has 1 aromatic heterocycles. The second-order valence-electron chi connectivity index (χ2n) is 7.06. The van der Waals surface area contributed by atoms with Gasteiger partial charge in [0.05, 0.1) is 17.8 Å². The van der Waals surface area contributed by atoms with E-state index in [1.807, 2.05) is 37.3 Å². The number of nitrogens with one attached hydrogen (secondary N) is 1. The molecule has 1 atom stereocenters. The highest BCUT2D eigenvalue weighted by molar-refractivity contribution is 6.33. The highest BCUT2D eigenvalue weighted by atomic mass is 35.5. The molecule has 29 heavy (non-hydrogen) atoms. The maximum Gasteiger partial charge on any atom is 0.256 e. The zero-order valence-corrected chi connectivity index (χ0v) is 17.0. The lowest BCUT2D eigenvalue weighted by molar-refractivity contribution is 0.0938. The summed E-state index contributed by atoms with van der Waals surface area (Å²) in [4.78, 5) is 12.7. The third-order valence-electron chi connectivity index (χ3n) is 4.70. The highest BCUT2D eigenvalue weighted by Crippen LogP contribution is 2.21. The molecule has 0 aliphatic heterocycles. The summed E-state index contributed by atoms with van der Waals surface area (Å²) in [6.45, 7) is 4.07. The molecule has 1 heterocycles. The number of aryl methyl sites for hydroxylation is 2. The average molecular weight is 418 g/mol. The fourth-order valence-corrected chi connectivity index (χ4v) is 3.44. The molecule has 0 saturated heterocycles. The van der Waals surface area contributed by atoms with E-state index < -0.39 is 11.6 Å². The Morgan fingerprint density at radius 2 is 1.86 bits per heavy atom. The van der Waals surface area contributed by atoms with E-state index in [1.165, 1.54) is 6.07 Å². The molecule has 3 aromatic rings. The van der Waals surface area contributed by atoms with Crippen LogP contribution in [0.15, 0.2) is 48.5 Å². The first-order chi connectivity index (χ1) is 13.8. The second-order valence-corrected chi connectivity index (χ2v) is 7.41. The van der Waals surface area contributed by atoms with Crippen molar-refractivity contribution in [1.82, 2.24) is 15.1 Å². The van der Waals surface area contributed by atoms with Crippen molar-refractivity contribution in [3.05, 3.63) is 87.7 Å². The average Bonchev–Trinajstić information content (AvgIpc) is 2.96. The van der Waals surface area contributed by atoms with Gasteiger partial charge in [-0.05, 0) is 49.9 Å². The van der Waals surface area contributed by atoms with Gasteiger partial charge in [-0.15, -0.1) is 0 Å².